The van der Waals surface area contributed by atoms with Gasteiger partial charge in [-0.25, -0.2) is 0 Å². The van der Waals surface area contributed by atoms with Crippen LogP contribution in [0.1, 0.15) is 21.5 Å². The summed E-state index contributed by atoms with van der Waals surface area (Å²) in [6.07, 6.45) is 2.07. The zero-order valence-corrected chi connectivity index (χ0v) is 17.1. The molecule has 5 nitrogen and oxygen atoms in total. The fraction of sp³-hybridized carbons (Fsp3) is 0.300. The largest absolute Gasteiger partial charge is 0.454 e. The summed E-state index contributed by atoms with van der Waals surface area (Å²) in [4.78, 5) is 18.0. The minimum atomic E-state index is -0.208. The average Bonchev–Trinajstić information content (AvgIpc) is 3.23. The van der Waals surface area contributed by atoms with E-state index in [2.05, 4.69) is 15.8 Å². The van der Waals surface area contributed by atoms with Crippen molar-refractivity contribution in [3.8, 4) is 11.5 Å². The molecule has 0 saturated heterocycles. The Labute approximate surface area is 165 Å². The van der Waals surface area contributed by atoms with Crippen LogP contribution in [-0.4, -0.2) is 29.3 Å². The van der Waals surface area contributed by atoms with Gasteiger partial charge in [0.25, 0.3) is 5.91 Å². The number of aromatic nitrogens is 1. The van der Waals surface area contributed by atoms with Crippen LogP contribution in [-0.2, 0) is 6.54 Å². The number of benzene rings is 2. The summed E-state index contributed by atoms with van der Waals surface area (Å²) in [5, 5.41) is 0. The molecule has 0 atom stereocenters. The molecule has 1 aliphatic rings. The zero-order chi connectivity index (χ0) is 19.0. The molecular weight excluding hydrogens is 380 g/mol. The van der Waals surface area contributed by atoms with E-state index in [1.54, 1.807) is 11.8 Å². The number of amides is 1. The lowest BCUT2D eigenvalue weighted by molar-refractivity contribution is 0.0997. The lowest BCUT2D eigenvalue weighted by Gasteiger charge is -2.05. The van der Waals surface area contributed by atoms with Gasteiger partial charge in [0.2, 0.25) is 6.79 Å². The van der Waals surface area contributed by atoms with Crippen molar-refractivity contribution in [3.63, 3.8) is 0 Å². The van der Waals surface area contributed by atoms with Crippen LogP contribution in [0.15, 0.2) is 35.3 Å². The van der Waals surface area contributed by atoms with Crippen LogP contribution >= 0.6 is 23.1 Å². The van der Waals surface area contributed by atoms with Crippen LogP contribution in [0.25, 0.3) is 10.2 Å². The number of thiazole rings is 1. The Morgan fingerprint density at radius 1 is 1.22 bits per heavy atom. The van der Waals surface area contributed by atoms with Crippen LogP contribution in [0.2, 0.25) is 0 Å². The summed E-state index contributed by atoms with van der Waals surface area (Å²) in [5.74, 6) is 2.21. The standard InChI is InChI=1S/C20H20N2O3S2/c1-12-4-5-13(2)14(8-12)19(23)21-20-22(6-7-26-3)15-9-16-17(25-11-24-16)10-18(15)27-20/h4-5,8-10H,6-7,11H2,1-3H3. The molecule has 0 spiro atoms. The van der Waals surface area contributed by atoms with Gasteiger partial charge < -0.3 is 14.0 Å². The Balaban J connectivity index is 1.85. The van der Waals surface area contributed by atoms with Crippen molar-refractivity contribution >= 4 is 39.2 Å². The number of carbonyl (C=O) groups is 1. The normalized spacial score (nSPS) is 13.5. The van der Waals surface area contributed by atoms with Crippen LogP contribution in [0.3, 0.4) is 0 Å². The lowest BCUT2D eigenvalue weighted by atomic mass is 10.1. The van der Waals surface area contributed by atoms with Gasteiger partial charge in [-0.1, -0.05) is 29.0 Å². The number of aryl methyl sites for hydroxylation is 3. The maximum absolute atomic E-state index is 12.9. The molecule has 0 radical (unpaired) electrons. The van der Waals surface area contributed by atoms with Crippen molar-refractivity contribution in [1.82, 2.24) is 4.57 Å². The molecule has 2 aromatic carbocycles. The summed E-state index contributed by atoms with van der Waals surface area (Å²) in [6.45, 7) is 4.95. The lowest BCUT2D eigenvalue weighted by Crippen LogP contribution is -2.18. The number of rotatable bonds is 4. The molecule has 27 heavy (non-hydrogen) atoms. The Morgan fingerprint density at radius 3 is 2.78 bits per heavy atom. The highest BCUT2D eigenvalue weighted by Gasteiger charge is 2.18. The van der Waals surface area contributed by atoms with E-state index in [1.165, 1.54) is 11.3 Å². The number of hydrogen-bond donors (Lipinski definition) is 0. The van der Waals surface area contributed by atoms with Crippen LogP contribution in [0.4, 0.5) is 0 Å². The Kier molecular flexibility index (Phi) is 4.97. The molecule has 1 aliphatic heterocycles. The van der Waals surface area contributed by atoms with Crippen molar-refractivity contribution in [1.29, 1.82) is 0 Å². The number of fused-ring (bicyclic) bond motifs is 2. The van der Waals surface area contributed by atoms with Crippen molar-refractivity contribution < 1.29 is 14.3 Å². The van der Waals surface area contributed by atoms with Crippen molar-refractivity contribution in [2.45, 2.75) is 20.4 Å². The van der Waals surface area contributed by atoms with E-state index in [9.17, 15) is 4.79 Å². The molecule has 0 saturated carbocycles. The third-order valence-corrected chi connectivity index (χ3v) is 6.15. The number of hydrogen-bond acceptors (Lipinski definition) is 5. The number of nitrogens with zero attached hydrogens (tertiary/aromatic N) is 2. The highest BCUT2D eigenvalue weighted by molar-refractivity contribution is 7.98. The van der Waals surface area contributed by atoms with Crippen molar-refractivity contribution in [2.24, 2.45) is 4.99 Å². The quantitative estimate of drug-likeness (QED) is 0.660. The third-order valence-electron chi connectivity index (χ3n) is 4.52. The number of carbonyl (C=O) groups excluding carboxylic acids is 1. The number of ether oxygens (including phenoxy) is 2. The van der Waals surface area contributed by atoms with Crippen LogP contribution in [0, 0.1) is 13.8 Å². The third kappa shape index (κ3) is 3.49. The summed E-state index contributed by atoms with van der Waals surface area (Å²) in [5.41, 5.74) is 3.66. The second-order valence-electron chi connectivity index (χ2n) is 6.44. The van der Waals surface area contributed by atoms with E-state index >= 15 is 0 Å². The van der Waals surface area contributed by atoms with E-state index < -0.39 is 0 Å². The van der Waals surface area contributed by atoms with Gasteiger partial charge in [-0.15, -0.1) is 0 Å². The average molecular weight is 401 g/mol. The van der Waals surface area contributed by atoms with Gasteiger partial charge in [-0.2, -0.15) is 16.8 Å². The maximum Gasteiger partial charge on any atom is 0.279 e. The fourth-order valence-electron chi connectivity index (χ4n) is 3.06. The molecule has 140 valence electrons. The van der Waals surface area contributed by atoms with E-state index in [4.69, 9.17) is 9.47 Å². The van der Waals surface area contributed by atoms with Gasteiger partial charge in [0, 0.05) is 30.0 Å². The first-order valence-corrected chi connectivity index (χ1v) is 10.9. The summed E-state index contributed by atoms with van der Waals surface area (Å²) in [7, 11) is 0. The minimum absolute atomic E-state index is 0.208. The molecule has 1 aromatic heterocycles. The first-order chi connectivity index (χ1) is 13.1. The molecule has 0 unspecified atom stereocenters. The predicted molar refractivity (Wildman–Crippen MR) is 110 cm³/mol. The topological polar surface area (TPSA) is 52.8 Å². The van der Waals surface area contributed by atoms with E-state index in [0.29, 0.717) is 10.4 Å². The maximum atomic E-state index is 12.9. The highest BCUT2D eigenvalue weighted by Crippen LogP contribution is 2.37. The minimum Gasteiger partial charge on any atom is -0.454 e. The second kappa shape index (κ2) is 7.40. The zero-order valence-electron chi connectivity index (χ0n) is 15.4. The SMILES string of the molecule is CSCCn1c(=NC(=O)c2cc(C)ccc2C)sc2cc3c(cc21)OCO3. The van der Waals surface area contributed by atoms with Crippen molar-refractivity contribution in [3.05, 3.63) is 51.8 Å². The van der Waals surface area contributed by atoms with E-state index in [0.717, 1.165) is 45.1 Å². The van der Waals surface area contributed by atoms with Crippen molar-refractivity contribution in [2.75, 3.05) is 18.8 Å². The van der Waals surface area contributed by atoms with E-state index in [1.807, 2.05) is 44.2 Å². The molecule has 0 bridgehead atoms. The molecular formula is C20H20N2O3S2. The fourth-order valence-corrected chi connectivity index (χ4v) is 4.49. The van der Waals surface area contributed by atoms with Gasteiger partial charge in [0.05, 0.1) is 10.2 Å². The second-order valence-corrected chi connectivity index (χ2v) is 8.43. The monoisotopic (exact) mass is 400 g/mol. The van der Waals surface area contributed by atoms with Gasteiger partial charge >= 0.3 is 0 Å². The smallest absolute Gasteiger partial charge is 0.279 e. The van der Waals surface area contributed by atoms with Crippen LogP contribution in [0.5, 0.6) is 11.5 Å². The summed E-state index contributed by atoms with van der Waals surface area (Å²) in [6, 6.07) is 9.82. The molecule has 1 amide bonds. The Hall–Kier alpha value is -2.25. The van der Waals surface area contributed by atoms with Gasteiger partial charge in [-0.05, 0) is 31.7 Å². The molecule has 0 N–H and O–H groups in total. The van der Waals surface area contributed by atoms with E-state index in [-0.39, 0.29) is 12.7 Å². The summed E-state index contributed by atoms with van der Waals surface area (Å²) >= 11 is 3.27. The molecule has 7 heteroatoms. The summed E-state index contributed by atoms with van der Waals surface area (Å²) < 4.78 is 14.1. The Bertz CT molecular complexity index is 1100. The first-order valence-electron chi connectivity index (χ1n) is 8.65. The first kappa shape index (κ1) is 18.1. The Morgan fingerprint density at radius 2 is 2.00 bits per heavy atom. The number of thioether (sulfide) groups is 1. The predicted octanol–water partition coefficient (Wildman–Crippen LogP) is 4.15. The molecule has 0 aliphatic carbocycles. The van der Waals surface area contributed by atoms with Crippen LogP contribution < -0.4 is 14.3 Å². The molecule has 2 heterocycles. The molecule has 4 rings (SSSR count). The van der Waals surface area contributed by atoms with Gasteiger partial charge in [0.15, 0.2) is 16.3 Å². The van der Waals surface area contributed by atoms with Gasteiger partial charge in [-0.3, -0.25) is 4.79 Å². The highest BCUT2D eigenvalue weighted by atomic mass is 32.2. The van der Waals surface area contributed by atoms with Gasteiger partial charge in [0.1, 0.15) is 0 Å². The molecule has 3 aromatic rings. The molecule has 0 fully saturated rings.